The highest BCUT2D eigenvalue weighted by Gasteiger charge is 2.25. The first kappa shape index (κ1) is 18.5. The van der Waals surface area contributed by atoms with E-state index in [0.717, 1.165) is 16.9 Å². The maximum absolute atomic E-state index is 6.44. The summed E-state index contributed by atoms with van der Waals surface area (Å²) in [6, 6.07) is 27.6. The molecule has 0 aliphatic heterocycles. The Balaban J connectivity index is 1.78. The standard InChI is InChI=1S/C30H23N2O/c1-18-17-22-28-24(13-8-14-25(28)33-21-10-5-4-6-11-21)32-23-12-7-9-20-15-16-31(3)30(27(20)23)26(19(18)2)29(22)32/h4-17H,1-3H3/q+1. The second-order valence-corrected chi connectivity index (χ2v) is 9.01. The number of rotatable bonds is 2. The summed E-state index contributed by atoms with van der Waals surface area (Å²) in [4.78, 5) is 0. The third-order valence-corrected chi connectivity index (χ3v) is 7.15. The van der Waals surface area contributed by atoms with Gasteiger partial charge in [-0.2, -0.15) is 0 Å². The van der Waals surface area contributed by atoms with Gasteiger partial charge in [0.25, 0.3) is 0 Å². The van der Waals surface area contributed by atoms with Gasteiger partial charge in [0.2, 0.25) is 5.52 Å². The highest BCUT2D eigenvalue weighted by Crippen LogP contribution is 2.44. The fraction of sp³-hybridized carbons (Fsp3) is 0.100. The minimum atomic E-state index is 0.849. The Kier molecular flexibility index (Phi) is 3.61. The van der Waals surface area contributed by atoms with E-state index >= 15 is 0 Å². The van der Waals surface area contributed by atoms with Crippen LogP contribution in [-0.2, 0) is 7.05 Å². The van der Waals surface area contributed by atoms with Crippen LogP contribution in [0.2, 0.25) is 0 Å². The number of benzene rings is 4. The van der Waals surface area contributed by atoms with Crippen molar-refractivity contribution in [3.63, 3.8) is 0 Å². The van der Waals surface area contributed by atoms with E-state index in [0.29, 0.717) is 0 Å². The second-order valence-electron chi connectivity index (χ2n) is 9.01. The summed E-state index contributed by atoms with van der Waals surface area (Å²) < 4.78 is 11.2. The Hall–Kier alpha value is -4.11. The molecule has 158 valence electrons. The normalized spacial score (nSPS) is 12.1. The molecule has 0 aliphatic rings. The number of hydrogen-bond acceptors (Lipinski definition) is 1. The maximum atomic E-state index is 6.44. The average molecular weight is 428 g/mol. The predicted octanol–water partition coefficient (Wildman–Crippen LogP) is 7.22. The van der Waals surface area contributed by atoms with E-state index in [4.69, 9.17) is 4.74 Å². The number of hydrogen-bond donors (Lipinski definition) is 0. The van der Waals surface area contributed by atoms with Crippen LogP contribution in [0.1, 0.15) is 11.1 Å². The van der Waals surface area contributed by atoms with E-state index in [9.17, 15) is 0 Å². The summed E-state index contributed by atoms with van der Waals surface area (Å²) >= 11 is 0. The molecule has 7 rings (SSSR count). The maximum Gasteiger partial charge on any atom is 0.224 e. The van der Waals surface area contributed by atoms with Crippen molar-refractivity contribution in [2.45, 2.75) is 13.8 Å². The molecule has 3 heteroatoms. The number of aromatic nitrogens is 2. The predicted molar refractivity (Wildman–Crippen MR) is 136 cm³/mol. The van der Waals surface area contributed by atoms with Crippen molar-refractivity contribution in [1.82, 2.24) is 4.40 Å². The molecule has 3 aromatic heterocycles. The number of ether oxygens (including phenoxy) is 1. The molecule has 33 heavy (non-hydrogen) atoms. The Bertz CT molecular complexity index is 1860. The average Bonchev–Trinajstić information content (AvgIpc) is 3.16. The van der Waals surface area contributed by atoms with Crippen LogP contribution in [0.15, 0.2) is 85.1 Å². The highest BCUT2D eigenvalue weighted by atomic mass is 16.5. The first-order valence-corrected chi connectivity index (χ1v) is 11.4. The Morgan fingerprint density at radius 1 is 0.758 bits per heavy atom. The minimum Gasteiger partial charge on any atom is -0.457 e. The van der Waals surface area contributed by atoms with Gasteiger partial charge >= 0.3 is 0 Å². The molecule has 0 saturated heterocycles. The van der Waals surface area contributed by atoms with E-state index in [2.05, 4.69) is 84.6 Å². The Morgan fingerprint density at radius 2 is 1.52 bits per heavy atom. The van der Waals surface area contributed by atoms with Crippen LogP contribution in [0.3, 0.4) is 0 Å². The van der Waals surface area contributed by atoms with Crippen LogP contribution in [-0.4, -0.2) is 4.40 Å². The number of para-hydroxylation sites is 1. The summed E-state index contributed by atoms with van der Waals surface area (Å²) in [6.45, 7) is 4.47. The molecule has 0 bridgehead atoms. The van der Waals surface area contributed by atoms with E-state index in [1.807, 2.05) is 30.3 Å². The number of nitrogens with zero attached hydrogens (tertiary/aromatic N) is 2. The molecule has 3 nitrogen and oxygen atoms in total. The lowest BCUT2D eigenvalue weighted by Crippen LogP contribution is -2.29. The third kappa shape index (κ3) is 2.37. The van der Waals surface area contributed by atoms with Gasteiger partial charge in [0.05, 0.1) is 32.7 Å². The van der Waals surface area contributed by atoms with Gasteiger partial charge in [-0.15, -0.1) is 0 Å². The Labute approximate surface area is 191 Å². The van der Waals surface area contributed by atoms with Gasteiger partial charge in [-0.3, -0.25) is 0 Å². The summed E-state index contributed by atoms with van der Waals surface area (Å²) in [6.07, 6.45) is 2.18. The zero-order chi connectivity index (χ0) is 22.3. The van der Waals surface area contributed by atoms with Crippen molar-refractivity contribution in [3.8, 4) is 11.5 Å². The lowest BCUT2D eigenvalue weighted by molar-refractivity contribution is -0.643. The molecule has 0 aliphatic carbocycles. The number of fused-ring (bicyclic) bond motifs is 5. The molecule has 0 N–H and O–H groups in total. The fourth-order valence-electron chi connectivity index (χ4n) is 5.55. The quantitative estimate of drug-likeness (QED) is 0.162. The van der Waals surface area contributed by atoms with Crippen LogP contribution in [0.4, 0.5) is 0 Å². The van der Waals surface area contributed by atoms with E-state index in [-0.39, 0.29) is 0 Å². The van der Waals surface area contributed by atoms with Gasteiger partial charge in [-0.1, -0.05) is 36.4 Å². The second kappa shape index (κ2) is 6.46. The zero-order valence-corrected chi connectivity index (χ0v) is 18.9. The molecule has 3 heterocycles. The van der Waals surface area contributed by atoms with E-state index in [1.54, 1.807) is 0 Å². The van der Waals surface area contributed by atoms with E-state index < -0.39 is 0 Å². The van der Waals surface area contributed by atoms with Gasteiger partial charge in [-0.05, 0) is 66.8 Å². The van der Waals surface area contributed by atoms with Crippen molar-refractivity contribution in [3.05, 3.63) is 96.2 Å². The summed E-state index contributed by atoms with van der Waals surface area (Å²) in [5.74, 6) is 1.74. The summed E-state index contributed by atoms with van der Waals surface area (Å²) in [5.41, 5.74) is 7.58. The van der Waals surface area contributed by atoms with Gasteiger partial charge in [0, 0.05) is 11.5 Å². The SMILES string of the molecule is Cc1cc2c3c(Oc4ccccc4)cccc3n3c4cccc5cc[n+](C)c(c(c1C)c23)c54. The van der Waals surface area contributed by atoms with Gasteiger partial charge < -0.3 is 9.14 Å². The minimum absolute atomic E-state index is 0.849. The van der Waals surface area contributed by atoms with Crippen molar-refractivity contribution in [1.29, 1.82) is 0 Å². The molecule has 0 unspecified atom stereocenters. The molecule has 0 saturated carbocycles. The largest absolute Gasteiger partial charge is 0.457 e. The van der Waals surface area contributed by atoms with Gasteiger partial charge in [0.15, 0.2) is 6.20 Å². The topological polar surface area (TPSA) is 17.5 Å². The van der Waals surface area contributed by atoms with Gasteiger partial charge in [0.1, 0.15) is 18.5 Å². The lowest BCUT2D eigenvalue weighted by atomic mass is 9.96. The fourth-order valence-corrected chi connectivity index (χ4v) is 5.55. The van der Waals surface area contributed by atoms with Gasteiger partial charge in [-0.25, -0.2) is 4.57 Å². The van der Waals surface area contributed by atoms with Crippen LogP contribution in [0.5, 0.6) is 11.5 Å². The van der Waals surface area contributed by atoms with Crippen molar-refractivity contribution >= 4 is 49.0 Å². The first-order valence-electron chi connectivity index (χ1n) is 11.4. The smallest absolute Gasteiger partial charge is 0.224 e. The van der Waals surface area contributed by atoms with Crippen molar-refractivity contribution in [2.24, 2.45) is 7.05 Å². The molecule has 0 radical (unpaired) electrons. The van der Waals surface area contributed by atoms with E-state index in [1.165, 1.54) is 54.7 Å². The zero-order valence-electron chi connectivity index (χ0n) is 18.9. The molecule has 0 spiro atoms. The molecule has 7 aromatic rings. The van der Waals surface area contributed by atoms with Crippen LogP contribution >= 0.6 is 0 Å². The molecule has 0 atom stereocenters. The first-order chi connectivity index (χ1) is 16.1. The van der Waals surface area contributed by atoms with Crippen molar-refractivity contribution in [2.75, 3.05) is 0 Å². The molecule has 0 fully saturated rings. The Morgan fingerprint density at radius 3 is 2.33 bits per heavy atom. The number of aryl methyl sites for hydroxylation is 3. The van der Waals surface area contributed by atoms with Crippen molar-refractivity contribution < 1.29 is 9.30 Å². The molecular weight excluding hydrogens is 404 g/mol. The molecular formula is C30H23N2O+. The summed E-state index contributed by atoms with van der Waals surface area (Å²) in [7, 11) is 2.15. The number of pyridine rings is 2. The highest BCUT2D eigenvalue weighted by molar-refractivity contribution is 6.26. The van der Waals surface area contributed by atoms with Crippen LogP contribution < -0.4 is 9.30 Å². The summed E-state index contributed by atoms with van der Waals surface area (Å²) in [5, 5.41) is 6.28. The third-order valence-electron chi connectivity index (χ3n) is 7.15. The molecule has 0 amide bonds. The van der Waals surface area contributed by atoms with Crippen LogP contribution in [0, 0.1) is 13.8 Å². The lowest BCUT2D eigenvalue weighted by Gasteiger charge is -2.13. The molecule has 4 aromatic carbocycles. The van der Waals surface area contributed by atoms with Crippen LogP contribution in [0.25, 0.3) is 49.0 Å². The monoisotopic (exact) mass is 427 g/mol.